The fourth-order valence-electron chi connectivity index (χ4n) is 3.12. The van der Waals surface area contributed by atoms with E-state index in [9.17, 15) is 0 Å². The molecule has 2 aliphatic heterocycles. The smallest absolute Gasteiger partial charge is 0.0741 e. The number of nitrogens with one attached hydrogen (secondary N) is 1. The van der Waals surface area contributed by atoms with Gasteiger partial charge in [0.1, 0.15) is 0 Å². The largest absolute Gasteiger partial charge is 0.381 e. The molecule has 0 radical (unpaired) electrons. The molecule has 1 aliphatic carbocycles. The van der Waals surface area contributed by atoms with Gasteiger partial charge >= 0.3 is 0 Å². The number of hydrogen-bond donors (Lipinski definition) is 1. The molecule has 3 heteroatoms. The lowest BCUT2D eigenvalue weighted by molar-refractivity contribution is -0.140. The predicted molar refractivity (Wildman–Crippen MR) is 62.5 cm³/mol. The van der Waals surface area contributed by atoms with Gasteiger partial charge in [-0.1, -0.05) is 6.92 Å². The van der Waals surface area contributed by atoms with Gasteiger partial charge in [0, 0.05) is 31.9 Å². The molecule has 16 heavy (non-hydrogen) atoms. The SMILES string of the molecule is CC1CC1NC1CCOC2(CCOCC2)C1. The molecule has 0 aromatic rings. The summed E-state index contributed by atoms with van der Waals surface area (Å²) in [5.74, 6) is 0.897. The van der Waals surface area contributed by atoms with Crippen molar-refractivity contribution < 1.29 is 9.47 Å². The first-order valence-corrected chi connectivity index (χ1v) is 6.75. The Labute approximate surface area is 97.9 Å². The highest BCUT2D eigenvalue weighted by Crippen LogP contribution is 2.36. The van der Waals surface area contributed by atoms with Crippen molar-refractivity contribution in [3.8, 4) is 0 Å². The Balaban J connectivity index is 1.56. The minimum Gasteiger partial charge on any atom is -0.381 e. The molecule has 3 atom stereocenters. The second kappa shape index (κ2) is 4.28. The molecule has 3 aliphatic rings. The second-order valence-corrected chi connectivity index (χ2v) is 5.82. The third kappa shape index (κ3) is 2.27. The highest BCUT2D eigenvalue weighted by Gasteiger charge is 2.41. The van der Waals surface area contributed by atoms with Gasteiger partial charge in [0.15, 0.2) is 0 Å². The van der Waals surface area contributed by atoms with Gasteiger partial charge in [-0.15, -0.1) is 0 Å². The third-order valence-corrected chi connectivity index (χ3v) is 4.46. The van der Waals surface area contributed by atoms with Crippen molar-refractivity contribution in [1.82, 2.24) is 5.32 Å². The van der Waals surface area contributed by atoms with Crippen LogP contribution in [-0.4, -0.2) is 37.5 Å². The molecule has 3 nitrogen and oxygen atoms in total. The van der Waals surface area contributed by atoms with E-state index in [1.165, 1.54) is 19.3 Å². The molecule has 1 saturated carbocycles. The van der Waals surface area contributed by atoms with Gasteiger partial charge in [0.25, 0.3) is 0 Å². The van der Waals surface area contributed by atoms with E-state index in [0.29, 0.717) is 6.04 Å². The standard InChI is InChI=1S/C13H23NO2/c1-10-8-12(10)14-11-2-5-16-13(9-11)3-6-15-7-4-13/h10-12,14H,2-9H2,1H3. The Bertz CT molecular complexity index is 245. The van der Waals surface area contributed by atoms with Crippen molar-refractivity contribution in [2.45, 2.75) is 56.7 Å². The van der Waals surface area contributed by atoms with Gasteiger partial charge in [-0.05, 0) is 38.0 Å². The summed E-state index contributed by atoms with van der Waals surface area (Å²) < 4.78 is 11.5. The van der Waals surface area contributed by atoms with Crippen LogP contribution in [0.3, 0.4) is 0 Å². The third-order valence-electron chi connectivity index (χ3n) is 4.46. The molecular formula is C13H23NO2. The molecule has 1 N–H and O–H groups in total. The van der Waals surface area contributed by atoms with E-state index >= 15 is 0 Å². The highest BCUT2D eigenvalue weighted by molar-refractivity contribution is 4.97. The Morgan fingerprint density at radius 2 is 1.94 bits per heavy atom. The van der Waals surface area contributed by atoms with Crippen LogP contribution >= 0.6 is 0 Å². The minimum absolute atomic E-state index is 0.145. The lowest BCUT2D eigenvalue weighted by Crippen LogP contribution is -2.50. The molecule has 3 unspecified atom stereocenters. The summed E-state index contributed by atoms with van der Waals surface area (Å²) in [6, 6.07) is 1.47. The van der Waals surface area contributed by atoms with Crippen molar-refractivity contribution in [3.05, 3.63) is 0 Å². The minimum atomic E-state index is 0.145. The molecule has 3 rings (SSSR count). The van der Waals surface area contributed by atoms with Gasteiger partial charge in [-0.3, -0.25) is 0 Å². The van der Waals surface area contributed by atoms with E-state index in [1.807, 2.05) is 0 Å². The average molecular weight is 225 g/mol. The first-order valence-electron chi connectivity index (χ1n) is 6.75. The maximum atomic E-state index is 6.05. The first-order chi connectivity index (χ1) is 7.77. The quantitative estimate of drug-likeness (QED) is 0.776. The molecule has 0 aromatic heterocycles. The zero-order chi connectivity index (χ0) is 11.0. The van der Waals surface area contributed by atoms with E-state index in [4.69, 9.17) is 9.47 Å². The number of ether oxygens (including phenoxy) is 2. The monoisotopic (exact) mass is 225 g/mol. The molecule has 1 spiro atoms. The van der Waals surface area contributed by atoms with Crippen molar-refractivity contribution in [3.63, 3.8) is 0 Å². The summed E-state index contributed by atoms with van der Waals surface area (Å²) >= 11 is 0. The van der Waals surface area contributed by atoms with Gasteiger partial charge in [0.05, 0.1) is 5.60 Å². The van der Waals surface area contributed by atoms with Gasteiger partial charge in [0.2, 0.25) is 0 Å². The number of rotatable bonds is 2. The zero-order valence-corrected chi connectivity index (χ0v) is 10.2. The lowest BCUT2D eigenvalue weighted by Gasteiger charge is -2.43. The first kappa shape index (κ1) is 11.0. The highest BCUT2D eigenvalue weighted by atomic mass is 16.5. The Morgan fingerprint density at radius 3 is 2.62 bits per heavy atom. The summed E-state index contributed by atoms with van der Waals surface area (Å²) in [4.78, 5) is 0. The van der Waals surface area contributed by atoms with Crippen LogP contribution in [0.2, 0.25) is 0 Å². The van der Waals surface area contributed by atoms with Crippen molar-refractivity contribution in [2.24, 2.45) is 5.92 Å². The van der Waals surface area contributed by atoms with Gasteiger partial charge in [-0.2, -0.15) is 0 Å². The molecule has 0 bridgehead atoms. The topological polar surface area (TPSA) is 30.5 Å². The molecule has 0 aromatic carbocycles. The summed E-state index contributed by atoms with van der Waals surface area (Å²) in [6.45, 7) is 5.03. The van der Waals surface area contributed by atoms with E-state index in [1.54, 1.807) is 0 Å². The average Bonchev–Trinajstić information content (AvgIpc) is 2.95. The van der Waals surface area contributed by atoms with Crippen LogP contribution in [-0.2, 0) is 9.47 Å². The van der Waals surface area contributed by atoms with Gasteiger partial charge in [-0.25, -0.2) is 0 Å². The van der Waals surface area contributed by atoms with Crippen LogP contribution in [0.4, 0.5) is 0 Å². The summed E-state index contributed by atoms with van der Waals surface area (Å²) in [5, 5.41) is 3.79. The van der Waals surface area contributed by atoms with Crippen molar-refractivity contribution >= 4 is 0 Å². The predicted octanol–water partition coefficient (Wildman–Crippen LogP) is 1.71. The van der Waals surface area contributed by atoms with Crippen LogP contribution in [0, 0.1) is 5.92 Å². The van der Waals surface area contributed by atoms with Crippen LogP contribution in [0.25, 0.3) is 0 Å². The molecule has 2 saturated heterocycles. The maximum absolute atomic E-state index is 6.05. The second-order valence-electron chi connectivity index (χ2n) is 5.82. The summed E-state index contributed by atoms with van der Waals surface area (Å²) in [6.07, 6.45) is 5.93. The van der Waals surface area contributed by atoms with E-state index in [-0.39, 0.29) is 5.60 Å². The zero-order valence-electron chi connectivity index (χ0n) is 10.2. The lowest BCUT2D eigenvalue weighted by atomic mass is 9.84. The Morgan fingerprint density at radius 1 is 1.19 bits per heavy atom. The van der Waals surface area contributed by atoms with Gasteiger partial charge < -0.3 is 14.8 Å². The van der Waals surface area contributed by atoms with E-state index < -0.39 is 0 Å². The van der Waals surface area contributed by atoms with E-state index in [0.717, 1.165) is 44.6 Å². The molecule has 92 valence electrons. The summed E-state index contributed by atoms with van der Waals surface area (Å²) in [5.41, 5.74) is 0.145. The van der Waals surface area contributed by atoms with Crippen molar-refractivity contribution in [1.29, 1.82) is 0 Å². The Hall–Kier alpha value is -0.120. The van der Waals surface area contributed by atoms with Crippen LogP contribution in [0.1, 0.15) is 39.0 Å². The number of hydrogen-bond acceptors (Lipinski definition) is 3. The fraction of sp³-hybridized carbons (Fsp3) is 1.00. The molecule has 3 fully saturated rings. The van der Waals surface area contributed by atoms with Crippen LogP contribution in [0.15, 0.2) is 0 Å². The maximum Gasteiger partial charge on any atom is 0.0741 e. The Kier molecular flexibility index (Phi) is 2.94. The van der Waals surface area contributed by atoms with Crippen LogP contribution < -0.4 is 5.32 Å². The fourth-order valence-corrected chi connectivity index (χ4v) is 3.12. The normalized spacial score (nSPS) is 42.2. The van der Waals surface area contributed by atoms with E-state index in [2.05, 4.69) is 12.2 Å². The summed E-state index contributed by atoms with van der Waals surface area (Å²) in [7, 11) is 0. The molecule has 2 heterocycles. The molecule has 0 amide bonds. The van der Waals surface area contributed by atoms with Crippen LogP contribution in [0.5, 0.6) is 0 Å². The van der Waals surface area contributed by atoms with Crippen molar-refractivity contribution in [2.75, 3.05) is 19.8 Å². The molecular weight excluding hydrogens is 202 g/mol.